The fourth-order valence-electron chi connectivity index (χ4n) is 3.70. The van der Waals surface area contributed by atoms with Crippen LogP contribution in [0.15, 0.2) is 36.0 Å². The third-order valence-corrected chi connectivity index (χ3v) is 5.89. The summed E-state index contributed by atoms with van der Waals surface area (Å²) >= 11 is 12.6. The summed E-state index contributed by atoms with van der Waals surface area (Å²) < 4.78 is 5.43. The fraction of sp³-hybridized carbons (Fsp3) is 0.273. The second-order valence-electron chi connectivity index (χ2n) is 7.09. The molecule has 0 saturated carbocycles. The Bertz CT molecular complexity index is 1040. The highest BCUT2D eigenvalue weighted by molar-refractivity contribution is 6.44. The first kappa shape index (κ1) is 19.2. The molecule has 1 saturated heterocycles. The second kappa shape index (κ2) is 7.36. The van der Waals surface area contributed by atoms with Crippen molar-refractivity contribution in [2.45, 2.75) is 13.8 Å². The Morgan fingerprint density at radius 1 is 0.857 bits per heavy atom. The number of ether oxygens (including phenoxy) is 1. The SMILES string of the molecule is Cc1cc2c(cc1C)C(=O)C(N1CCOCC1)=C(c1cc(Cl)ccc1Cl)C2=O. The predicted molar refractivity (Wildman–Crippen MR) is 110 cm³/mol. The molecule has 0 spiro atoms. The van der Waals surface area contributed by atoms with Crippen molar-refractivity contribution in [2.24, 2.45) is 0 Å². The number of fused-ring (bicyclic) bond motifs is 1. The van der Waals surface area contributed by atoms with Crippen molar-refractivity contribution < 1.29 is 14.3 Å². The van der Waals surface area contributed by atoms with Crippen molar-refractivity contribution in [2.75, 3.05) is 26.3 Å². The molecule has 144 valence electrons. The van der Waals surface area contributed by atoms with E-state index < -0.39 is 0 Å². The molecule has 4 nitrogen and oxygen atoms in total. The molecular formula is C22H19Cl2NO3. The van der Waals surface area contributed by atoms with E-state index in [1.54, 1.807) is 24.3 Å². The van der Waals surface area contributed by atoms with Crippen LogP contribution in [0, 0.1) is 13.8 Å². The first-order chi connectivity index (χ1) is 13.4. The molecule has 2 aromatic rings. The number of benzene rings is 2. The molecule has 2 aromatic carbocycles. The molecule has 1 fully saturated rings. The van der Waals surface area contributed by atoms with Crippen LogP contribution in [0.5, 0.6) is 0 Å². The Labute approximate surface area is 173 Å². The molecule has 0 amide bonds. The van der Waals surface area contributed by atoms with Gasteiger partial charge in [-0.25, -0.2) is 0 Å². The van der Waals surface area contributed by atoms with Gasteiger partial charge >= 0.3 is 0 Å². The average Bonchev–Trinajstić information content (AvgIpc) is 2.69. The lowest BCUT2D eigenvalue weighted by Gasteiger charge is -2.34. The summed E-state index contributed by atoms with van der Waals surface area (Å²) in [6, 6.07) is 8.56. The first-order valence-electron chi connectivity index (χ1n) is 9.11. The number of aryl methyl sites for hydroxylation is 2. The Morgan fingerprint density at radius 3 is 2.11 bits per heavy atom. The molecule has 0 radical (unpaired) electrons. The van der Waals surface area contributed by atoms with Crippen molar-refractivity contribution in [1.29, 1.82) is 0 Å². The van der Waals surface area contributed by atoms with Gasteiger partial charge in [-0.2, -0.15) is 0 Å². The molecule has 2 aliphatic rings. The van der Waals surface area contributed by atoms with Gasteiger partial charge in [0.2, 0.25) is 5.78 Å². The van der Waals surface area contributed by atoms with Crippen molar-refractivity contribution in [3.05, 3.63) is 73.9 Å². The van der Waals surface area contributed by atoms with Gasteiger partial charge in [0.25, 0.3) is 0 Å². The van der Waals surface area contributed by atoms with Gasteiger partial charge in [-0.1, -0.05) is 23.2 Å². The summed E-state index contributed by atoms with van der Waals surface area (Å²) in [5.74, 6) is -0.367. The van der Waals surface area contributed by atoms with Crippen LogP contribution in [0.4, 0.5) is 0 Å². The van der Waals surface area contributed by atoms with E-state index in [0.29, 0.717) is 64.3 Å². The number of ketones is 2. The molecule has 0 atom stereocenters. The third-order valence-electron chi connectivity index (χ3n) is 5.33. The highest BCUT2D eigenvalue weighted by Gasteiger charge is 2.37. The van der Waals surface area contributed by atoms with E-state index in [2.05, 4.69) is 0 Å². The lowest BCUT2D eigenvalue weighted by Crippen LogP contribution is -2.41. The number of halogens is 2. The average molecular weight is 416 g/mol. The maximum atomic E-state index is 13.6. The van der Waals surface area contributed by atoms with E-state index in [0.717, 1.165) is 11.1 Å². The van der Waals surface area contributed by atoms with Crippen LogP contribution in [0.3, 0.4) is 0 Å². The topological polar surface area (TPSA) is 46.6 Å². The number of allylic oxidation sites excluding steroid dienone is 2. The largest absolute Gasteiger partial charge is 0.378 e. The molecule has 0 unspecified atom stereocenters. The molecule has 6 heteroatoms. The van der Waals surface area contributed by atoms with Gasteiger partial charge in [-0.3, -0.25) is 9.59 Å². The summed E-state index contributed by atoms with van der Waals surface area (Å²) in [4.78, 5) is 29.0. The molecule has 0 N–H and O–H groups in total. The maximum Gasteiger partial charge on any atom is 0.210 e. The van der Waals surface area contributed by atoms with E-state index in [-0.39, 0.29) is 11.6 Å². The molecule has 1 aliphatic heterocycles. The van der Waals surface area contributed by atoms with Gasteiger partial charge in [-0.15, -0.1) is 0 Å². The van der Waals surface area contributed by atoms with Crippen molar-refractivity contribution in [1.82, 2.24) is 4.90 Å². The van der Waals surface area contributed by atoms with Crippen LogP contribution in [-0.4, -0.2) is 42.8 Å². The van der Waals surface area contributed by atoms with Crippen molar-refractivity contribution in [3.8, 4) is 0 Å². The number of nitrogens with zero attached hydrogens (tertiary/aromatic N) is 1. The normalized spacial score (nSPS) is 17.2. The van der Waals surface area contributed by atoms with Crippen molar-refractivity contribution >= 4 is 40.3 Å². The number of hydrogen-bond acceptors (Lipinski definition) is 4. The van der Waals surface area contributed by atoms with Gasteiger partial charge in [0.15, 0.2) is 5.78 Å². The zero-order valence-corrected chi connectivity index (χ0v) is 17.2. The summed E-state index contributed by atoms with van der Waals surface area (Å²) in [5, 5.41) is 0.845. The molecule has 28 heavy (non-hydrogen) atoms. The zero-order chi connectivity index (χ0) is 20.0. The van der Waals surface area contributed by atoms with Crippen LogP contribution in [0.25, 0.3) is 5.57 Å². The lowest BCUT2D eigenvalue weighted by atomic mass is 9.81. The molecule has 4 rings (SSSR count). The van der Waals surface area contributed by atoms with Gasteiger partial charge in [0.05, 0.1) is 24.5 Å². The minimum atomic E-state index is -0.205. The van der Waals surface area contributed by atoms with Crippen molar-refractivity contribution in [3.63, 3.8) is 0 Å². The lowest BCUT2D eigenvalue weighted by molar-refractivity contribution is 0.0506. The number of carbonyl (C=O) groups excluding carboxylic acids is 2. The van der Waals surface area contributed by atoms with E-state index in [9.17, 15) is 9.59 Å². The Hall–Kier alpha value is -2.14. The quantitative estimate of drug-likeness (QED) is 0.710. The Morgan fingerprint density at radius 2 is 1.46 bits per heavy atom. The monoisotopic (exact) mass is 415 g/mol. The smallest absolute Gasteiger partial charge is 0.210 e. The maximum absolute atomic E-state index is 13.6. The molecule has 0 bridgehead atoms. The van der Waals surface area contributed by atoms with Gasteiger partial charge in [-0.05, 0) is 55.3 Å². The van der Waals surface area contributed by atoms with Crippen LogP contribution in [-0.2, 0) is 4.74 Å². The van der Waals surface area contributed by atoms with Crippen LogP contribution >= 0.6 is 23.2 Å². The highest BCUT2D eigenvalue weighted by Crippen LogP contribution is 2.38. The van der Waals surface area contributed by atoms with E-state index in [1.807, 2.05) is 24.8 Å². The summed E-state index contributed by atoms with van der Waals surface area (Å²) in [6.45, 7) is 5.95. The minimum absolute atomic E-state index is 0.161. The first-order valence-corrected chi connectivity index (χ1v) is 9.87. The van der Waals surface area contributed by atoms with E-state index >= 15 is 0 Å². The second-order valence-corrected chi connectivity index (χ2v) is 7.93. The number of Topliss-reactive ketones (excluding diaryl/α,β-unsaturated/α-hetero) is 2. The van der Waals surface area contributed by atoms with E-state index in [1.165, 1.54) is 0 Å². The molecular weight excluding hydrogens is 397 g/mol. The Balaban J connectivity index is 2.00. The fourth-order valence-corrected chi connectivity index (χ4v) is 4.09. The predicted octanol–water partition coefficient (Wildman–Crippen LogP) is 4.73. The Kier molecular flexibility index (Phi) is 5.04. The van der Waals surface area contributed by atoms with Crippen LogP contribution in [0.1, 0.15) is 37.4 Å². The van der Waals surface area contributed by atoms with Crippen LogP contribution in [0.2, 0.25) is 10.0 Å². The number of rotatable bonds is 2. The third kappa shape index (κ3) is 3.16. The van der Waals surface area contributed by atoms with E-state index in [4.69, 9.17) is 27.9 Å². The van der Waals surface area contributed by atoms with Gasteiger partial charge in [0, 0.05) is 39.8 Å². The summed E-state index contributed by atoms with van der Waals surface area (Å²) in [5.41, 5.74) is 3.98. The molecule has 1 heterocycles. The number of hydrogen-bond donors (Lipinski definition) is 0. The minimum Gasteiger partial charge on any atom is -0.378 e. The highest BCUT2D eigenvalue weighted by atomic mass is 35.5. The number of morpholine rings is 1. The zero-order valence-electron chi connectivity index (χ0n) is 15.6. The standard InChI is InChI=1S/C22H19Cl2NO3/c1-12-9-15-16(10-13(12)2)22(27)20(25-5-7-28-8-6-25)19(21(15)26)17-11-14(23)3-4-18(17)24/h3-4,9-11H,5-8H2,1-2H3. The number of carbonyl (C=O) groups is 2. The van der Waals surface area contributed by atoms with Gasteiger partial charge in [0.1, 0.15) is 0 Å². The van der Waals surface area contributed by atoms with Crippen LogP contribution < -0.4 is 0 Å². The summed E-state index contributed by atoms with van der Waals surface area (Å²) in [6.07, 6.45) is 0. The molecule has 1 aliphatic carbocycles. The summed E-state index contributed by atoms with van der Waals surface area (Å²) in [7, 11) is 0. The van der Waals surface area contributed by atoms with Gasteiger partial charge < -0.3 is 9.64 Å². The molecule has 0 aromatic heterocycles.